The number of pyridine rings is 1. The van der Waals surface area contributed by atoms with Crippen LogP contribution in [-0.2, 0) is 0 Å². The van der Waals surface area contributed by atoms with Crippen LogP contribution in [0.2, 0.25) is 5.02 Å². The fourth-order valence-electron chi connectivity index (χ4n) is 3.05. The van der Waals surface area contributed by atoms with Gasteiger partial charge < -0.3 is 10.6 Å². The van der Waals surface area contributed by atoms with Crippen molar-refractivity contribution >= 4 is 40.4 Å². The molecule has 0 aliphatic heterocycles. The first-order chi connectivity index (χ1) is 16.5. The molecule has 0 saturated heterocycles. The number of nitriles is 2. The molecule has 0 bridgehead atoms. The molecule has 4 rings (SSSR count). The summed E-state index contributed by atoms with van der Waals surface area (Å²) in [7, 11) is 1.68. The summed E-state index contributed by atoms with van der Waals surface area (Å²) in [6.07, 6.45) is 4.46. The van der Waals surface area contributed by atoms with E-state index in [1.807, 2.05) is 6.07 Å². The highest BCUT2D eigenvalue weighted by Crippen LogP contribution is 2.36. The summed E-state index contributed by atoms with van der Waals surface area (Å²) < 4.78 is 1.31. The van der Waals surface area contributed by atoms with Gasteiger partial charge in [0, 0.05) is 35.7 Å². The van der Waals surface area contributed by atoms with Crippen molar-refractivity contribution in [1.82, 2.24) is 24.7 Å². The van der Waals surface area contributed by atoms with Gasteiger partial charge in [0.2, 0.25) is 0 Å². The highest BCUT2D eigenvalue weighted by molar-refractivity contribution is 6.30. The minimum Gasteiger partial charge on any atom is -0.371 e. The minimum atomic E-state index is 0.150. The van der Waals surface area contributed by atoms with Crippen LogP contribution < -0.4 is 10.6 Å². The summed E-state index contributed by atoms with van der Waals surface area (Å²) in [6, 6.07) is 12.9. The molecule has 4 aromatic rings. The van der Waals surface area contributed by atoms with Crippen molar-refractivity contribution in [3.8, 4) is 18.1 Å². The van der Waals surface area contributed by atoms with E-state index in [0.717, 1.165) is 5.69 Å². The molecule has 0 atom stereocenters. The van der Waals surface area contributed by atoms with Crippen LogP contribution in [0.25, 0.3) is 5.95 Å². The number of hydrogen-bond donors (Lipinski definition) is 2. The zero-order valence-corrected chi connectivity index (χ0v) is 18.8. The lowest BCUT2D eigenvalue weighted by Crippen LogP contribution is -2.04. The van der Waals surface area contributed by atoms with E-state index in [1.54, 1.807) is 56.7 Å². The topological polar surface area (TPSA) is 153 Å². The quantitative estimate of drug-likeness (QED) is 0.375. The molecule has 12 heteroatoms. The summed E-state index contributed by atoms with van der Waals surface area (Å²) in [5.74, 6) is 1.13. The molecule has 166 valence electrons. The zero-order valence-electron chi connectivity index (χ0n) is 18.0. The molecule has 0 saturated carbocycles. The second kappa shape index (κ2) is 9.73. The highest BCUT2D eigenvalue weighted by Gasteiger charge is 2.19. The van der Waals surface area contributed by atoms with Crippen LogP contribution in [0.5, 0.6) is 0 Å². The van der Waals surface area contributed by atoms with Crippen molar-refractivity contribution in [2.24, 2.45) is 10.2 Å². The van der Waals surface area contributed by atoms with Crippen molar-refractivity contribution in [2.75, 3.05) is 17.7 Å². The molecule has 0 radical (unpaired) electrons. The van der Waals surface area contributed by atoms with Gasteiger partial charge in [-0.25, -0.2) is 15.0 Å². The molecular weight excluding hydrogens is 454 g/mol. The van der Waals surface area contributed by atoms with Gasteiger partial charge in [0.25, 0.3) is 5.95 Å². The average molecular weight is 470 g/mol. The number of azo groups is 1. The molecular formula is C22H16ClN11. The molecule has 0 amide bonds. The van der Waals surface area contributed by atoms with E-state index in [2.05, 4.69) is 47.0 Å². The van der Waals surface area contributed by atoms with Gasteiger partial charge in [0.05, 0.1) is 11.8 Å². The number of benzene rings is 1. The Bertz CT molecular complexity index is 1450. The van der Waals surface area contributed by atoms with Crippen molar-refractivity contribution in [3.63, 3.8) is 0 Å². The third-order valence-electron chi connectivity index (χ3n) is 4.72. The third kappa shape index (κ3) is 4.37. The summed E-state index contributed by atoms with van der Waals surface area (Å²) in [6.45, 7) is 1.74. The van der Waals surface area contributed by atoms with Gasteiger partial charge in [-0.05, 0) is 37.3 Å². The molecule has 11 nitrogen and oxygen atoms in total. The molecule has 0 unspecified atom stereocenters. The van der Waals surface area contributed by atoms with Crippen LogP contribution in [0, 0.1) is 29.6 Å². The summed E-state index contributed by atoms with van der Waals surface area (Å²) in [5, 5.41) is 38.7. The first-order valence-corrected chi connectivity index (χ1v) is 10.3. The lowest BCUT2D eigenvalue weighted by Gasteiger charge is -2.14. The van der Waals surface area contributed by atoms with Gasteiger partial charge in [-0.2, -0.15) is 20.3 Å². The molecule has 2 N–H and O–H groups in total. The van der Waals surface area contributed by atoms with E-state index < -0.39 is 0 Å². The van der Waals surface area contributed by atoms with Crippen molar-refractivity contribution < 1.29 is 0 Å². The van der Waals surface area contributed by atoms with Crippen LogP contribution in [0.1, 0.15) is 16.7 Å². The smallest absolute Gasteiger partial charge is 0.252 e. The van der Waals surface area contributed by atoms with Gasteiger partial charge >= 0.3 is 0 Å². The first kappa shape index (κ1) is 22.3. The first-order valence-electron chi connectivity index (χ1n) is 9.88. The molecule has 0 fully saturated rings. The fraction of sp³-hybridized carbons (Fsp3) is 0.0909. The van der Waals surface area contributed by atoms with Gasteiger partial charge in [0.1, 0.15) is 23.4 Å². The average Bonchev–Trinajstić information content (AvgIpc) is 3.28. The number of nitrogens with one attached hydrogen (secondary N) is 2. The Labute approximate surface area is 199 Å². The van der Waals surface area contributed by atoms with Crippen molar-refractivity contribution in [3.05, 3.63) is 70.6 Å². The number of anilines is 3. The minimum absolute atomic E-state index is 0.150. The fourth-order valence-corrected chi connectivity index (χ4v) is 3.18. The van der Waals surface area contributed by atoms with Crippen molar-refractivity contribution in [2.45, 2.75) is 6.92 Å². The summed E-state index contributed by atoms with van der Waals surface area (Å²) >= 11 is 5.95. The van der Waals surface area contributed by atoms with Crippen LogP contribution >= 0.6 is 11.6 Å². The molecule has 0 spiro atoms. The lowest BCUT2D eigenvalue weighted by molar-refractivity contribution is 0.803. The second-order valence-electron chi connectivity index (χ2n) is 6.81. The maximum Gasteiger partial charge on any atom is 0.252 e. The SMILES string of the molecule is CNc1nc(Nc2ccc(Cl)cc2)c(C#N)c(C)c1/N=N/c1c(C#N)cnn1-c1ncccn1. The monoisotopic (exact) mass is 469 g/mol. The predicted molar refractivity (Wildman–Crippen MR) is 126 cm³/mol. The van der Waals surface area contributed by atoms with Crippen molar-refractivity contribution in [1.29, 1.82) is 10.5 Å². The van der Waals surface area contributed by atoms with E-state index in [4.69, 9.17) is 11.6 Å². The zero-order chi connectivity index (χ0) is 24.1. The van der Waals surface area contributed by atoms with Gasteiger partial charge in [-0.15, -0.1) is 10.2 Å². The molecule has 0 aliphatic carbocycles. The number of rotatable bonds is 6. The van der Waals surface area contributed by atoms with Gasteiger partial charge in [-0.1, -0.05) is 11.6 Å². The number of nitrogens with zero attached hydrogens (tertiary/aromatic N) is 9. The lowest BCUT2D eigenvalue weighted by atomic mass is 10.1. The Morgan fingerprint density at radius 1 is 1.03 bits per heavy atom. The number of hydrogen-bond acceptors (Lipinski definition) is 10. The maximum absolute atomic E-state index is 9.82. The number of aromatic nitrogens is 5. The Hall–Kier alpha value is -4.87. The van der Waals surface area contributed by atoms with Crippen LogP contribution in [0.15, 0.2) is 59.2 Å². The van der Waals surface area contributed by atoms with E-state index in [1.165, 1.54) is 10.9 Å². The van der Waals surface area contributed by atoms with Crippen LogP contribution in [0.3, 0.4) is 0 Å². The van der Waals surface area contributed by atoms with E-state index in [-0.39, 0.29) is 17.3 Å². The Morgan fingerprint density at radius 2 is 1.76 bits per heavy atom. The van der Waals surface area contributed by atoms with Gasteiger partial charge in [0.15, 0.2) is 17.5 Å². The Morgan fingerprint density at radius 3 is 2.41 bits per heavy atom. The Balaban J connectivity index is 1.78. The standard InChI is InChI=1S/C22H16ClN11/c1-13-17(11-25)19(30-16-6-4-15(23)5-7-16)31-20(26-2)18(13)32-33-21-14(10-24)12-29-34(21)22-27-8-3-9-28-22/h3-9,12H,1-2H3,(H2,26,30,31)/b33-32+. The Kier molecular flexibility index (Phi) is 6.39. The highest BCUT2D eigenvalue weighted by atomic mass is 35.5. The van der Waals surface area contributed by atoms with E-state index in [9.17, 15) is 10.5 Å². The largest absolute Gasteiger partial charge is 0.371 e. The molecule has 34 heavy (non-hydrogen) atoms. The van der Waals surface area contributed by atoms with Crippen LogP contribution in [0.4, 0.5) is 28.8 Å². The van der Waals surface area contributed by atoms with Gasteiger partial charge in [-0.3, -0.25) is 0 Å². The normalized spacial score (nSPS) is 10.6. The van der Waals surface area contributed by atoms with E-state index >= 15 is 0 Å². The van der Waals surface area contributed by atoms with E-state index in [0.29, 0.717) is 33.5 Å². The molecule has 1 aromatic carbocycles. The molecule has 0 aliphatic rings. The third-order valence-corrected chi connectivity index (χ3v) is 4.97. The number of halogens is 1. The molecule has 3 aromatic heterocycles. The predicted octanol–water partition coefficient (Wildman–Crippen LogP) is 4.96. The van der Waals surface area contributed by atoms with Crippen LogP contribution in [-0.4, -0.2) is 31.8 Å². The maximum atomic E-state index is 9.82. The summed E-state index contributed by atoms with van der Waals surface area (Å²) in [5.41, 5.74) is 2.08. The molecule has 3 heterocycles. The second-order valence-corrected chi connectivity index (χ2v) is 7.24. The summed E-state index contributed by atoms with van der Waals surface area (Å²) in [4.78, 5) is 12.8.